The van der Waals surface area contributed by atoms with Crippen LogP contribution in [0.3, 0.4) is 0 Å². The Bertz CT molecular complexity index is 248. The van der Waals surface area contributed by atoms with E-state index in [9.17, 15) is 15.0 Å². The summed E-state index contributed by atoms with van der Waals surface area (Å²) in [5.41, 5.74) is -2.39. The van der Waals surface area contributed by atoms with Gasteiger partial charge in [0, 0.05) is 12.0 Å². The maximum absolute atomic E-state index is 10.9. The highest BCUT2D eigenvalue weighted by atomic mass is 16.4. The Morgan fingerprint density at radius 1 is 1.50 bits per heavy atom. The first-order valence-electron chi connectivity index (χ1n) is 4.62. The number of hydrogen-bond acceptors (Lipinski definition) is 3. The molecule has 0 aromatic heterocycles. The fourth-order valence-electron chi connectivity index (χ4n) is 1.95. The quantitative estimate of drug-likeness (QED) is 0.534. The molecule has 0 aliphatic carbocycles. The smallest absolute Gasteiger partial charge is 0.409 e. The summed E-state index contributed by atoms with van der Waals surface area (Å²) in [5.74, 6) is 0. The molecule has 2 unspecified atom stereocenters. The highest BCUT2D eigenvalue weighted by molar-refractivity contribution is 5.66. The molecular formula is C9H17NO4. The maximum Gasteiger partial charge on any atom is 0.409 e. The fraction of sp³-hybridized carbons (Fsp3) is 0.889. The number of nitrogens with zero attached hydrogens (tertiary/aromatic N) is 1. The second-order valence-corrected chi connectivity index (χ2v) is 4.71. The molecule has 5 nitrogen and oxygen atoms in total. The number of amides is 1. The van der Waals surface area contributed by atoms with Crippen molar-refractivity contribution in [2.24, 2.45) is 5.41 Å². The van der Waals surface area contributed by atoms with Crippen LogP contribution in [0.2, 0.25) is 0 Å². The summed E-state index contributed by atoms with van der Waals surface area (Å²) < 4.78 is 0. The van der Waals surface area contributed by atoms with E-state index >= 15 is 0 Å². The van der Waals surface area contributed by atoms with Crippen LogP contribution >= 0.6 is 0 Å². The zero-order valence-corrected chi connectivity index (χ0v) is 8.69. The largest absolute Gasteiger partial charge is 0.465 e. The number of aliphatic hydroxyl groups excluding tert-OH is 1. The van der Waals surface area contributed by atoms with Crippen molar-refractivity contribution in [1.82, 2.24) is 4.90 Å². The van der Waals surface area contributed by atoms with Crippen molar-refractivity contribution >= 4 is 6.09 Å². The summed E-state index contributed by atoms with van der Waals surface area (Å²) in [4.78, 5) is 11.8. The van der Waals surface area contributed by atoms with Gasteiger partial charge in [-0.05, 0) is 6.42 Å². The van der Waals surface area contributed by atoms with Crippen molar-refractivity contribution in [2.45, 2.75) is 39.0 Å². The molecule has 2 atom stereocenters. The van der Waals surface area contributed by atoms with E-state index in [0.717, 1.165) is 4.90 Å². The molecule has 0 spiro atoms. The summed E-state index contributed by atoms with van der Waals surface area (Å²) >= 11 is 0. The zero-order chi connectivity index (χ0) is 11.1. The summed E-state index contributed by atoms with van der Waals surface area (Å²) in [6.45, 7) is 5.29. The third-order valence-corrected chi connectivity index (χ3v) is 2.84. The number of aliphatic hydroxyl groups is 2. The molecule has 1 heterocycles. The molecule has 0 aromatic rings. The van der Waals surface area contributed by atoms with Crippen molar-refractivity contribution < 1.29 is 20.1 Å². The molecular weight excluding hydrogens is 186 g/mol. The van der Waals surface area contributed by atoms with Crippen LogP contribution in [0.1, 0.15) is 27.2 Å². The van der Waals surface area contributed by atoms with Crippen LogP contribution in [-0.4, -0.2) is 44.7 Å². The third-order valence-electron chi connectivity index (χ3n) is 2.84. The molecule has 82 valence electrons. The lowest BCUT2D eigenvalue weighted by atomic mass is 9.80. The van der Waals surface area contributed by atoms with Crippen LogP contribution in [0.5, 0.6) is 0 Å². The van der Waals surface area contributed by atoms with Crippen molar-refractivity contribution in [3.05, 3.63) is 0 Å². The number of carbonyl (C=O) groups is 1. The summed E-state index contributed by atoms with van der Waals surface area (Å²) in [6, 6.07) is 0. The van der Waals surface area contributed by atoms with Crippen LogP contribution < -0.4 is 0 Å². The van der Waals surface area contributed by atoms with E-state index < -0.39 is 23.3 Å². The average molecular weight is 203 g/mol. The lowest BCUT2D eigenvalue weighted by Crippen LogP contribution is -2.60. The molecule has 14 heavy (non-hydrogen) atoms. The van der Waals surface area contributed by atoms with E-state index in [4.69, 9.17) is 5.11 Å². The summed E-state index contributed by atoms with van der Waals surface area (Å²) in [6.07, 6.45) is -1.93. The van der Waals surface area contributed by atoms with E-state index in [1.54, 1.807) is 20.8 Å². The first-order valence-corrected chi connectivity index (χ1v) is 4.62. The van der Waals surface area contributed by atoms with Crippen LogP contribution in [0.4, 0.5) is 4.79 Å². The molecule has 1 rings (SSSR count). The van der Waals surface area contributed by atoms with Gasteiger partial charge in [0.25, 0.3) is 0 Å². The van der Waals surface area contributed by atoms with Gasteiger partial charge in [0.15, 0.2) is 5.72 Å². The van der Waals surface area contributed by atoms with Crippen LogP contribution in [0.25, 0.3) is 0 Å². The Labute approximate surface area is 83.0 Å². The van der Waals surface area contributed by atoms with E-state index in [0.29, 0.717) is 0 Å². The minimum absolute atomic E-state index is 0.171. The van der Waals surface area contributed by atoms with Gasteiger partial charge < -0.3 is 15.3 Å². The van der Waals surface area contributed by atoms with Crippen molar-refractivity contribution in [3.8, 4) is 0 Å². The van der Waals surface area contributed by atoms with Gasteiger partial charge >= 0.3 is 6.09 Å². The lowest BCUT2D eigenvalue weighted by molar-refractivity contribution is -0.190. The average Bonchev–Trinajstić information content (AvgIpc) is 2.28. The molecule has 0 saturated carbocycles. The van der Waals surface area contributed by atoms with Gasteiger partial charge in [0.2, 0.25) is 0 Å². The molecule has 5 heteroatoms. The monoisotopic (exact) mass is 203 g/mol. The Hall–Kier alpha value is -0.810. The third kappa shape index (κ3) is 1.36. The van der Waals surface area contributed by atoms with Gasteiger partial charge in [0.05, 0.1) is 0 Å². The maximum atomic E-state index is 10.9. The molecule has 1 amide bonds. The van der Waals surface area contributed by atoms with Gasteiger partial charge in [-0.1, -0.05) is 20.8 Å². The lowest BCUT2D eigenvalue weighted by Gasteiger charge is -2.44. The molecule has 1 saturated heterocycles. The predicted molar refractivity (Wildman–Crippen MR) is 49.8 cm³/mol. The Balaban J connectivity index is 3.08. The van der Waals surface area contributed by atoms with Crippen LogP contribution in [0, 0.1) is 5.41 Å². The minimum Gasteiger partial charge on any atom is -0.465 e. The second-order valence-electron chi connectivity index (χ2n) is 4.71. The van der Waals surface area contributed by atoms with Crippen LogP contribution in [-0.2, 0) is 0 Å². The Kier molecular flexibility index (Phi) is 2.49. The summed E-state index contributed by atoms with van der Waals surface area (Å²) in [7, 11) is 0. The number of rotatable bonds is 0. The van der Waals surface area contributed by atoms with Crippen molar-refractivity contribution in [2.75, 3.05) is 6.54 Å². The first-order chi connectivity index (χ1) is 6.21. The predicted octanol–water partition coefficient (Wildman–Crippen LogP) is 0.466. The number of hydrogen-bond donors (Lipinski definition) is 3. The number of carboxylic acid groups (broad SMARTS) is 1. The topological polar surface area (TPSA) is 81.0 Å². The van der Waals surface area contributed by atoms with Gasteiger partial charge in [-0.2, -0.15) is 0 Å². The highest BCUT2D eigenvalue weighted by Crippen LogP contribution is 2.41. The van der Waals surface area contributed by atoms with Gasteiger partial charge in [-0.25, -0.2) is 4.79 Å². The molecule has 3 N–H and O–H groups in total. The minimum atomic E-state index is -1.68. The normalized spacial score (nSPS) is 33.5. The Morgan fingerprint density at radius 2 is 2.00 bits per heavy atom. The SMILES string of the molecule is CC(C)(C)C1(O)C(O)CCN1C(=O)O. The first kappa shape index (κ1) is 11.3. The molecule has 0 radical (unpaired) electrons. The molecule has 1 aliphatic rings. The van der Waals surface area contributed by atoms with E-state index in [1.807, 2.05) is 0 Å². The molecule has 1 aliphatic heterocycles. The van der Waals surface area contributed by atoms with Gasteiger partial charge in [-0.15, -0.1) is 0 Å². The zero-order valence-electron chi connectivity index (χ0n) is 8.69. The molecule has 0 aromatic carbocycles. The Morgan fingerprint density at radius 3 is 2.29 bits per heavy atom. The van der Waals surface area contributed by atoms with Gasteiger partial charge in [-0.3, -0.25) is 4.90 Å². The molecule has 1 fully saturated rings. The van der Waals surface area contributed by atoms with Gasteiger partial charge in [0.1, 0.15) is 6.10 Å². The van der Waals surface area contributed by atoms with Crippen molar-refractivity contribution in [3.63, 3.8) is 0 Å². The summed E-state index contributed by atoms with van der Waals surface area (Å²) in [5, 5.41) is 28.8. The molecule has 0 bridgehead atoms. The van der Waals surface area contributed by atoms with Crippen LogP contribution in [0.15, 0.2) is 0 Å². The highest BCUT2D eigenvalue weighted by Gasteiger charge is 2.56. The van der Waals surface area contributed by atoms with E-state index in [1.165, 1.54) is 0 Å². The fourth-order valence-corrected chi connectivity index (χ4v) is 1.95. The van der Waals surface area contributed by atoms with E-state index in [-0.39, 0.29) is 13.0 Å². The van der Waals surface area contributed by atoms with Crippen molar-refractivity contribution in [1.29, 1.82) is 0 Å². The standard InChI is InChI=1S/C9H17NO4/c1-8(2,3)9(14)6(11)4-5-10(9)7(12)13/h6,11,14H,4-5H2,1-3H3,(H,12,13). The number of likely N-dealkylation sites (tertiary alicyclic amines) is 1. The second kappa shape index (κ2) is 3.10. The van der Waals surface area contributed by atoms with E-state index in [2.05, 4.69) is 0 Å².